The van der Waals surface area contributed by atoms with Crippen molar-refractivity contribution in [1.29, 1.82) is 0 Å². The Kier molecular flexibility index (Phi) is 6.51. The number of rotatable bonds is 8. The Morgan fingerprint density at radius 3 is 2.89 bits per heavy atom. The maximum Gasteiger partial charge on any atom is 0.343 e. The van der Waals surface area contributed by atoms with E-state index in [1.165, 1.54) is 18.1 Å². The lowest BCUT2D eigenvalue weighted by molar-refractivity contribution is -0.387. The molecule has 1 unspecified atom stereocenters. The molecule has 1 rings (SSSR count). The molecule has 0 amide bonds. The number of nitro groups is 1. The van der Waals surface area contributed by atoms with E-state index in [4.69, 9.17) is 5.11 Å². The van der Waals surface area contributed by atoms with Gasteiger partial charge in [-0.15, -0.1) is 0 Å². The zero-order chi connectivity index (χ0) is 14.3. The molecule has 0 saturated heterocycles. The van der Waals surface area contributed by atoms with Gasteiger partial charge in [0.1, 0.15) is 6.33 Å². The lowest BCUT2D eigenvalue weighted by Crippen LogP contribution is -2.08. The highest BCUT2D eigenvalue weighted by atomic mass is 32.2. The number of aromatic nitrogens is 2. The second kappa shape index (κ2) is 7.90. The number of nitrogens with one attached hydrogen (secondary N) is 1. The molecule has 0 fully saturated rings. The van der Waals surface area contributed by atoms with Gasteiger partial charge in [0.25, 0.3) is 0 Å². The van der Waals surface area contributed by atoms with E-state index in [0.29, 0.717) is 17.3 Å². The van der Waals surface area contributed by atoms with Crippen molar-refractivity contribution in [2.75, 3.05) is 24.2 Å². The number of thioether (sulfide) groups is 1. The van der Waals surface area contributed by atoms with E-state index < -0.39 is 4.92 Å². The van der Waals surface area contributed by atoms with Crippen molar-refractivity contribution in [3.05, 3.63) is 16.4 Å². The Morgan fingerprint density at radius 1 is 1.58 bits per heavy atom. The number of nitrogens with zero attached hydrogens (tertiary/aromatic N) is 3. The van der Waals surface area contributed by atoms with Gasteiger partial charge in [-0.2, -0.15) is 0 Å². The molecule has 19 heavy (non-hydrogen) atoms. The summed E-state index contributed by atoms with van der Waals surface area (Å²) in [6.07, 6.45) is 2.17. The predicted octanol–water partition coefficient (Wildman–Crippen LogP) is 1.93. The van der Waals surface area contributed by atoms with Gasteiger partial charge in [0.15, 0.2) is 5.03 Å². The van der Waals surface area contributed by atoms with E-state index in [0.717, 1.165) is 6.42 Å². The second-order valence-electron chi connectivity index (χ2n) is 4.16. The van der Waals surface area contributed by atoms with Gasteiger partial charge in [-0.3, -0.25) is 10.1 Å². The summed E-state index contributed by atoms with van der Waals surface area (Å²) in [4.78, 5) is 18.6. The normalized spacial score (nSPS) is 12.2. The highest BCUT2D eigenvalue weighted by Gasteiger charge is 2.23. The SMILES string of the molecule is CCCNc1ncnc(SCC(C)CO)c1[N+](=O)[O-]. The Labute approximate surface area is 116 Å². The molecule has 0 radical (unpaired) electrons. The summed E-state index contributed by atoms with van der Waals surface area (Å²) in [5.41, 5.74) is -0.0916. The molecule has 0 bridgehead atoms. The third-order valence-corrected chi connectivity index (χ3v) is 3.64. The summed E-state index contributed by atoms with van der Waals surface area (Å²) in [6.45, 7) is 4.51. The molecule has 0 saturated carbocycles. The first-order chi connectivity index (χ1) is 9.10. The predicted molar refractivity (Wildman–Crippen MR) is 74.4 cm³/mol. The molecule has 7 nitrogen and oxygen atoms in total. The lowest BCUT2D eigenvalue weighted by atomic mass is 10.2. The van der Waals surface area contributed by atoms with Gasteiger partial charge >= 0.3 is 5.69 Å². The van der Waals surface area contributed by atoms with Gasteiger partial charge in [0, 0.05) is 18.9 Å². The monoisotopic (exact) mass is 286 g/mol. The van der Waals surface area contributed by atoms with Crippen LogP contribution in [0.4, 0.5) is 11.5 Å². The molecule has 8 heteroatoms. The van der Waals surface area contributed by atoms with Crippen molar-refractivity contribution >= 4 is 23.3 Å². The average molecular weight is 286 g/mol. The summed E-state index contributed by atoms with van der Waals surface area (Å²) in [5.74, 6) is 0.884. The van der Waals surface area contributed by atoms with Crippen LogP contribution in [0.1, 0.15) is 20.3 Å². The molecule has 1 aromatic rings. The van der Waals surface area contributed by atoms with E-state index in [-0.39, 0.29) is 24.0 Å². The van der Waals surface area contributed by atoms with Crippen LogP contribution in [-0.4, -0.2) is 38.9 Å². The van der Waals surface area contributed by atoms with Crippen LogP contribution in [0.5, 0.6) is 0 Å². The molecule has 2 N–H and O–H groups in total. The van der Waals surface area contributed by atoms with Crippen LogP contribution >= 0.6 is 11.8 Å². The smallest absolute Gasteiger partial charge is 0.343 e. The van der Waals surface area contributed by atoms with Crippen molar-refractivity contribution in [3.8, 4) is 0 Å². The summed E-state index contributed by atoms with van der Waals surface area (Å²) in [7, 11) is 0. The number of anilines is 1. The number of aliphatic hydroxyl groups is 1. The minimum absolute atomic E-state index is 0.0484. The van der Waals surface area contributed by atoms with E-state index in [9.17, 15) is 10.1 Å². The van der Waals surface area contributed by atoms with Crippen LogP contribution in [0.2, 0.25) is 0 Å². The second-order valence-corrected chi connectivity index (χ2v) is 5.17. The van der Waals surface area contributed by atoms with Crippen LogP contribution in [0.25, 0.3) is 0 Å². The Bertz CT molecular complexity index is 430. The molecular weight excluding hydrogens is 268 g/mol. The first-order valence-corrected chi connectivity index (χ1v) is 7.05. The zero-order valence-electron chi connectivity index (χ0n) is 11.0. The van der Waals surface area contributed by atoms with E-state index >= 15 is 0 Å². The van der Waals surface area contributed by atoms with E-state index in [1.54, 1.807) is 0 Å². The van der Waals surface area contributed by atoms with Crippen molar-refractivity contribution < 1.29 is 10.0 Å². The third-order valence-electron chi connectivity index (χ3n) is 2.33. The topological polar surface area (TPSA) is 101 Å². The Hall–Kier alpha value is -1.41. The quantitative estimate of drug-likeness (QED) is 0.326. The maximum atomic E-state index is 11.1. The molecule has 106 valence electrons. The number of aliphatic hydroxyl groups excluding tert-OH is 1. The van der Waals surface area contributed by atoms with Gasteiger partial charge < -0.3 is 10.4 Å². The van der Waals surface area contributed by atoms with Crippen molar-refractivity contribution in [2.45, 2.75) is 25.3 Å². The fraction of sp³-hybridized carbons (Fsp3) is 0.636. The number of hydrogen-bond acceptors (Lipinski definition) is 7. The molecule has 0 aliphatic carbocycles. The van der Waals surface area contributed by atoms with Crippen molar-refractivity contribution in [1.82, 2.24) is 9.97 Å². The molecule has 1 aromatic heterocycles. The summed E-state index contributed by atoms with van der Waals surface area (Å²) in [6, 6.07) is 0. The summed E-state index contributed by atoms with van der Waals surface area (Å²) >= 11 is 1.26. The largest absolute Gasteiger partial charge is 0.396 e. The maximum absolute atomic E-state index is 11.1. The molecule has 0 aliphatic heterocycles. The minimum Gasteiger partial charge on any atom is -0.396 e. The summed E-state index contributed by atoms with van der Waals surface area (Å²) in [5, 5.41) is 23.4. The summed E-state index contributed by atoms with van der Waals surface area (Å²) < 4.78 is 0. The van der Waals surface area contributed by atoms with Crippen LogP contribution in [0.15, 0.2) is 11.4 Å². The fourth-order valence-corrected chi connectivity index (χ4v) is 2.26. The average Bonchev–Trinajstić information content (AvgIpc) is 2.41. The van der Waals surface area contributed by atoms with Crippen molar-refractivity contribution in [3.63, 3.8) is 0 Å². The minimum atomic E-state index is -0.468. The van der Waals surface area contributed by atoms with Crippen LogP contribution in [0.3, 0.4) is 0 Å². The fourth-order valence-electron chi connectivity index (χ4n) is 1.28. The lowest BCUT2D eigenvalue weighted by Gasteiger charge is -2.09. The highest BCUT2D eigenvalue weighted by Crippen LogP contribution is 2.32. The molecule has 0 aliphatic rings. The van der Waals surface area contributed by atoms with Crippen LogP contribution < -0.4 is 5.32 Å². The molecular formula is C11H18N4O3S. The van der Waals surface area contributed by atoms with Crippen LogP contribution in [-0.2, 0) is 0 Å². The highest BCUT2D eigenvalue weighted by molar-refractivity contribution is 7.99. The van der Waals surface area contributed by atoms with E-state index in [2.05, 4.69) is 15.3 Å². The first-order valence-electron chi connectivity index (χ1n) is 6.07. The van der Waals surface area contributed by atoms with Crippen LogP contribution in [0, 0.1) is 16.0 Å². The molecule has 0 aromatic carbocycles. The van der Waals surface area contributed by atoms with E-state index in [1.807, 2.05) is 13.8 Å². The van der Waals surface area contributed by atoms with Gasteiger partial charge in [0.05, 0.1) is 4.92 Å². The Morgan fingerprint density at radius 2 is 2.32 bits per heavy atom. The van der Waals surface area contributed by atoms with Crippen molar-refractivity contribution in [2.24, 2.45) is 5.92 Å². The third kappa shape index (κ3) is 4.64. The first kappa shape index (κ1) is 15.6. The van der Waals surface area contributed by atoms with Gasteiger partial charge in [0.2, 0.25) is 5.82 Å². The molecule has 1 atom stereocenters. The zero-order valence-corrected chi connectivity index (χ0v) is 11.8. The van der Waals surface area contributed by atoms with Gasteiger partial charge in [-0.1, -0.05) is 25.6 Å². The van der Waals surface area contributed by atoms with Gasteiger partial charge in [-0.05, 0) is 12.3 Å². The Balaban J connectivity index is 2.92. The molecule has 1 heterocycles. The van der Waals surface area contributed by atoms with Gasteiger partial charge in [-0.25, -0.2) is 9.97 Å². The molecule has 0 spiro atoms. The standard InChI is InChI=1S/C11H18N4O3S/c1-3-4-12-10-9(15(17)18)11(14-7-13-10)19-6-8(2)5-16/h7-8,16H,3-6H2,1-2H3,(H,12,13,14). The number of hydrogen-bond donors (Lipinski definition) is 2.